The first-order valence-electron chi connectivity index (χ1n) is 4.25. The maximum Gasteiger partial charge on any atom is 0.0607 e. The van der Waals surface area contributed by atoms with E-state index in [1.165, 1.54) is 5.75 Å². The fourth-order valence-corrected chi connectivity index (χ4v) is 2.06. The molecule has 1 aliphatic rings. The zero-order chi connectivity index (χ0) is 8.10. The Kier molecular flexibility index (Phi) is 4.26. The fourth-order valence-electron chi connectivity index (χ4n) is 0.998. The number of nitrogens with one attached hydrogen (secondary N) is 1. The SMILES string of the molecule is CCNC(C)CSC1COC1. The topological polar surface area (TPSA) is 21.3 Å². The second-order valence-electron chi connectivity index (χ2n) is 2.95. The molecular weight excluding hydrogens is 158 g/mol. The summed E-state index contributed by atoms with van der Waals surface area (Å²) in [6.07, 6.45) is 0. The quantitative estimate of drug-likeness (QED) is 0.676. The molecule has 0 spiro atoms. The molecule has 0 aliphatic carbocycles. The normalized spacial score (nSPS) is 21.3. The first-order valence-corrected chi connectivity index (χ1v) is 5.30. The van der Waals surface area contributed by atoms with Crippen molar-refractivity contribution in [3.8, 4) is 0 Å². The zero-order valence-electron chi connectivity index (χ0n) is 7.30. The molecule has 1 fully saturated rings. The number of hydrogen-bond acceptors (Lipinski definition) is 3. The van der Waals surface area contributed by atoms with E-state index in [-0.39, 0.29) is 0 Å². The first kappa shape index (κ1) is 9.36. The van der Waals surface area contributed by atoms with Gasteiger partial charge in [-0.1, -0.05) is 6.92 Å². The summed E-state index contributed by atoms with van der Waals surface area (Å²) in [7, 11) is 0. The van der Waals surface area contributed by atoms with E-state index in [4.69, 9.17) is 4.74 Å². The van der Waals surface area contributed by atoms with Gasteiger partial charge < -0.3 is 10.1 Å². The van der Waals surface area contributed by atoms with Crippen LogP contribution in [0.15, 0.2) is 0 Å². The van der Waals surface area contributed by atoms with E-state index in [0.29, 0.717) is 6.04 Å². The van der Waals surface area contributed by atoms with E-state index in [2.05, 4.69) is 19.2 Å². The molecule has 66 valence electrons. The number of ether oxygens (including phenoxy) is 1. The second kappa shape index (κ2) is 5.01. The van der Waals surface area contributed by atoms with Crippen molar-refractivity contribution in [2.24, 2.45) is 0 Å². The van der Waals surface area contributed by atoms with Gasteiger partial charge in [-0.2, -0.15) is 11.8 Å². The van der Waals surface area contributed by atoms with Crippen molar-refractivity contribution in [3.63, 3.8) is 0 Å². The van der Waals surface area contributed by atoms with Crippen LogP contribution in [0.4, 0.5) is 0 Å². The fraction of sp³-hybridized carbons (Fsp3) is 1.00. The molecule has 11 heavy (non-hydrogen) atoms. The minimum atomic E-state index is 0.644. The summed E-state index contributed by atoms with van der Waals surface area (Å²) in [6.45, 7) is 7.37. The lowest BCUT2D eigenvalue weighted by Gasteiger charge is -2.26. The van der Waals surface area contributed by atoms with Gasteiger partial charge in [0.05, 0.1) is 18.5 Å². The van der Waals surface area contributed by atoms with E-state index in [1.54, 1.807) is 0 Å². The van der Waals surface area contributed by atoms with Crippen LogP contribution in [0.5, 0.6) is 0 Å². The maximum absolute atomic E-state index is 5.09. The molecule has 0 amide bonds. The van der Waals surface area contributed by atoms with Crippen molar-refractivity contribution in [1.29, 1.82) is 0 Å². The molecule has 2 nitrogen and oxygen atoms in total. The van der Waals surface area contributed by atoms with Crippen molar-refractivity contribution < 1.29 is 4.74 Å². The molecule has 1 rings (SSSR count). The van der Waals surface area contributed by atoms with Gasteiger partial charge in [-0.05, 0) is 13.5 Å². The van der Waals surface area contributed by atoms with Crippen LogP contribution in [-0.4, -0.2) is 36.8 Å². The highest BCUT2D eigenvalue weighted by molar-refractivity contribution is 8.00. The molecule has 1 unspecified atom stereocenters. The predicted octanol–water partition coefficient (Wildman–Crippen LogP) is 1.12. The van der Waals surface area contributed by atoms with Gasteiger partial charge in [0.1, 0.15) is 0 Å². The van der Waals surface area contributed by atoms with Crippen LogP contribution in [0.2, 0.25) is 0 Å². The molecule has 0 aromatic heterocycles. The van der Waals surface area contributed by atoms with Gasteiger partial charge in [-0.3, -0.25) is 0 Å². The van der Waals surface area contributed by atoms with E-state index in [1.807, 2.05) is 11.8 Å². The van der Waals surface area contributed by atoms with Gasteiger partial charge >= 0.3 is 0 Å². The lowest BCUT2D eigenvalue weighted by molar-refractivity contribution is 0.0455. The van der Waals surface area contributed by atoms with Crippen LogP contribution >= 0.6 is 11.8 Å². The molecule has 1 aliphatic heterocycles. The first-order chi connectivity index (χ1) is 5.33. The van der Waals surface area contributed by atoms with Crippen molar-refractivity contribution >= 4 is 11.8 Å². The number of hydrogen-bond donors (Lipinski definition) is 1. The Morgan fingerprint density at radius 3 is 2.82 bits per heavy atom. The Morgan fingerprint density at radius 2 is 2.36 bits per heavy atom. The van der Waals surface area contributed by atoms with Crippen LogP contribution in [0, 0.1) is 0 Å². The number of thioether (sulfide) groups is 1. The predicted molar refractivity (Wildman–Crippen MR) is 50.2 cm³/mol. The lowest BCUT2D eigenvalue weighted by Crippen LogP contribution is -2.34. The Labute approximate surface area is 73.1 Å². The molecule has 1 atom stereocenters. The lowest BCUT2D eigenvalue weighted by atomic mass is 10.4. The summed E-state index contributed by atoms with van der Waals surface area (Å²) in [5, 5.41) is 4.16. The molecule has 1 heterocycles. The Balaban J connectivity index is 1.92. The van der Waals surface area contributed by atoms with Crippen LogP contribution in [0.3, 0.4) is 0 Å². The van der Waals surface area contributed by atoms with E-state index in [9.17, 15) is 0 Å². The molecule has 0 bridgehead atoms. The molecule has 1 saturated heterocycles. The summed E-state index contributed by atoms with van der Waals surface area (Å²) < 4.78 is 5.09. The van der Waals surface area contributed by atoms with Crippen LogP contribution in [0.1, 0.15) is 13.8 Å². The summed E-state index contributed by atoms with van der Waals surface area (Å²) in [5.74, 6) is 1.21. The Bertz CT molecular complexity index is 106. The van der Waals surface area contributed by atoms with Crippen LogP contribution in [-0.2, 0) is 4.74 Å². The molecule has 0 aromatic carbocycles. The third kappa shape index (κ3) is 3.45. The van der Waals surface area contributed by atoms with Gasteiger partial charge in [0.15, 0.2) is 0 Å². The standard InChI is InChI=1S/C8H17NOS/c1-3-9-7(2)6-11-8-4-10-5-8/h7-9H,3-6H2,1-2H3. The third-order valence-electron chi connectivity index (χ3n) is 1.74. The Hall–Kier alpha value is 0.270. The van der Waals surface area contributed by atoms with E-state index in [0.717, 1.165) is 25.0 Å². The highest BCUT2D eigenvalue weighted by Gasteiger charge is 2.18. The molecule has 0 aromatic rings. The minimum Gasteiger partial charge on any atom is -0.379 e. The minimum absolute atomic E-state index is 0.644. The largest absolute Gasteiger partial charge is 0.379 e. The summed E-state index contributed by atoms with van der Waals surface area (Å²) in [5.41, 5.74) is 0. The molecular formula is C8H17NOS. The van der Waals surface area contributed by atoms with Crippen molar-refractivity contribution in [3.05, 3.63) is 0 Å². The summed E-state index contributed by atoms with van der Waals surface area (Å²) in [4.78, 5) is 0. The van der Waals surface area contributed by atoms with E-state index >= 15 is 0 Å². The van der Waals surface area contributed by atoms with Crippen molar-refractivity contribution in [1.82, 2.24) is 5.32 Å². The molecule has 1 N–H and O–H groups in total. The highest BCUT2D eigenvalue weighted by atomic mass is 32.2. The molecule has 0 saturated carbocycles. The summed E-state index contributed by atoms with van der Waals surface area (Å²) >= 11 is 2.02. The number of rotatable bonds is 5. The zero-order valence-corrected chi connectivity index (χ0v) is 8.12. The smallest absolute Gasteiger partial charge is 0.0607 e. The van der Waals surface area contributed by atoms with E-state index < -0.39 is 0 Å². The van der Waals surface area contributed by atoms with Gasteiger partial charge in [0.25, 0.3) is 0 Å². The molecule has 0 radical (unpaired) electrons. The van der Waals surface area contributed by atoms with Crippen molar-refractivity contribution in [2.45, 2.75) is 25.1 Å². The van der Waals surface area contributed by atoms with Crippen LogP contribution in [0.25, 0.3) is 0 Å². The third-order valence-corrected chi connectivity index (χ3v) is 3.18. The van der Waals surface area contributed by atoms with Gasteiger partial charge in [0.2, 0.25) is 0 Å². The average molecular weight is 175 g/mol. The highest BCUT2D eigenvalue weighted by Crippen LogP contribution is 2.19. The molecule has 3 heteroatoms. The maximum atomic E-state index is 5.09. The van der Waals surface area contributed by atoms with Crippen LogP contribution < -0.4 is 5.32 Å². The van der Waals surface area contributed by atoms with Crippen molar-refractivity contribution in [2.75, 3.05) is 25.5 Å². The second-order valence-corrected chi connectivity index (χ2v) is 4.28. The monoisotopic (exact) mass is 175 g/mol. The van der Waals surface area contributed by atoms with Gasteiger partial charge in [-0.15, -0.1) is 0 Å². The average Bonchev–Trinajstić information content (AvgIpc) is 1.85. The van der Waals surface area contributed by atoms with Gasteiger partial charge in [-0.25, -0.2) is 0 Å². The van der Waals surface area contributed by atoms with Gasteiger partial charge in [0, 0.05) is 11.8 Å². The Morgan fingerprint density at radius 1 is 1.64 bits per heavy atom. The summed E-state index contributed by atoms with van der Waals surface area (Å²) in [6, 6.07) is 0.644.